The highest BCUT2D eigenvalue weighted by Gasteiger charge is 2.27. The van der Waals surface area contributed by atoms with Gasteiger partial charge < -0.3 is 10.4 Å². The van der Waals surface area contributed by atoms with Crippen LogP contribution in [0.15, 0.2) is 18.3 Å². The number of carbonyl (C=O) groups excluding carboxylic acids is 1. The highest BCUT2D eigenvalue weighted by atomic mass is 19.4. The summed E-state index contributed by atoms with van der Waals surface area (Å²) in [5, 5.41) is 10.8. The van der Waals surface area contributed by atoms with Crippen molar-refractivity contribution in [3.05, 3.63) is 23.9 Å². The first-order chi connectivity index (χ1) is 8.28. The van der Waals surface area contributed by atoms with E-state index in [-0.39, 0.29) is 11.4 Å². The Morgan fingerprint density at radius 3 is 2.61 bits per heavy atom. The molecule has 1 amide bonds. The molecule has 1 aromatic rings. The van der Waals surface area contributed by atoms with E-state index in [1.807, 2.05) is 0 Å². The van der Waals surface area contributed by atoms with Crippen molar-refractivity contribution >= 4 is 17.7 Å². The Balaban J connectivity index is 2.59. The summed E-state index contributed by atoms with van der Waals surface area (Å²) in [6.45, 7) is 0. The molecule has 1 rings (SSSR count). The molecule has 0 aliphatic rings. The zero-order chi connectivity index (χ0) is 13.8. The Morgan fingerprint density at radius 1 is 1.39 bits per heavy atom. The summed E-state index contributed by atoms with van der Waals surface area (Å²) >= 11 is 0. The van der Waals surface area contributed by atoms with E-state index < -0.39 is 30.9 Å². The molecular weight excluding hydrogens is 253 g/mol. The van der Waals surface area contributed by atoms with Gasteiger partial charge in [0.1, 0.15) is 5.82 Å². The number of aromatic nitrogens is 1. The zero-order valence-electron chi connectivity index (χ0n) is 8.99. The van der Waals surface area contributed by atoms with Crippen LogP contribution in [0.3, 0.4) is 0 Å². The van der Waals surface area contributed by atoms with E-state index in [4.69, 9.17) is 5.11 Å². The summed E-state index contributed by atoms with van der Waals surface area (Å²) in [6, 6.07) is 2.27. The number of amides is 1. The lowest BCUT2D eigenvalue weighted by Gasteiger charge is -2.07. The molecule has 8 heteroatoms. The minimum atomic E-state index is -4.41. The van der Waals surface area contributed by atoms with E-state index >= 15 is 0 Å². The van der Waals surface area contributed by atoms with Crippen LogP contribution in [0.4, 0.5) is 19.0 Å². The zero-order valence-corrected chi connectivity index (χ0v) is 8.99. The van der Waals surface area contributed by atoms with Crippen LogP contribution < -0.4 is 5.32 Å². The topological polar surface area (TPSA) is 79.3 Å². The number of hydrogen-bond donors (Lipinski definition) is 2. The molecule has 0 aromatic carbocycles. The molecular formula is C10H9F3N2O3. The van der Waals surface area contributed by atoms with Crippen molar-refractivity contribution in [1.82, 2.24) is 4.98 Å². The number of carbonyl (C=O) groups is 2. The Kier molecular flexibility index (Phi) is 4.24. The lowest BCUT2D eigenvalue weighted by atomic mass is 10.2. The van der Waals surface area contributed by atoms with Crippen LogP contribution in [0.2, 0.25) is 0 Å². The first-order valence-corrected chi connectivity index (χ1v) is 4.84. The van der Waals surface area contributed by atoms with Crippen LogP contribution in [0.5, 0.6) is 0 Å². The Hall–Kier alpha value is -2.12. The number of rotatable bonds is 4. The van der Waals surface area contributed by atoms with Gasteiger partial charge in [-0.2, -0.15) is 13.2 Å². The number of alkyl halides is 3. The number of carboxylic acids is 1. The highest BCUT2D eigenvalue weighted by molar-refractivity contribution is 5.92. The van der Waals surface area contributed by atoms with Crippen molar-refractivity contribution in [2.24, 2.45) is 0 Å². The molecule has 2 N–H and O–H groups in total. The van der Waals surface area contributed by atoms with E-state index in [2.05, 4.69) is 10.3 Å². The third-order valence-corrected chi connectivity index (χ3v) is 1.91. The molecule has 0 saturated carbocycles. The van der Waals surface area contributed by atoms with Gasteiger partial charge in [0.15, 0.2) is 0 Å². The third-order valence-electron chi connectivity index (χ3n) is 1.91. The summed E-state index contributed by atoms with van der Waals surface area (Å²) in [5.74, 6) is -2.19. The van der Waals surface area contributed by atoms with Crippen molar-refractivity contribution in [2.75, 3.05) is 5.32 Å². The molecule has 1 aromatic heterocycles. The van der Waals surface area contributed by atoms with Crippen molar-refractivity contribution in [2.45, 2.75) is 19.0 Å². The maximum absolute atomic E-state index is 11.9. The van der Waals surface area contributed by atoms with E-state index in [0.29, 0.717) is 0 Å². The monoisotopic (exact) mass is 262 g/mol. The van der Waals surface area contributed by atoms with Gasteiger partial charge in [-0.1, -0.05) is 0 Å². The van der Waals surface area contributed by atoms with E-state index in [1.54, 1.807) is 0 Å². The first-order valence-electron chi connectivity index (χ1n) is 4.84. The second-order valence-corrected chi connectivity index (χ2v) is 3.40. The predicted octanol–water partition coefficient (Wildman–Crippen LogP) is 2.06. The standard InChI is InChI=1S/C10H9F3N2O3/c11-10(12,13)3-1-8(16)15-7-5-6(9(17)18)2-4-14-7/h2,4-5H,1,3H2,(H,17,18)(H,14,15,16). The summed E-state index contributed by atoms with van der Waals surface area (Å²) in [4.78, 5) is 25.4. The number of nitrogens with one attached hydrogen (secondary N) is 1. The third kappa shape index (κ3) is 4.81. The van der Waals surface area contributed by atoms with Gasteiger partial charge in [0.25, 0.3) is 0 Å². The molecule has 0 aliphatic heterocycles. The number of hydrogen-bond acceptors (Lipinski definition) is 3. The number of anilines is 1. The van der Waals surface area contributed by atoms with Crippen LogP contribution in [0.25, 0.3) is 0 Å². The normalized spacial score (nSPS) is 11.1. The van der Waals surface area contributed by atoms with Gasteiger partial charge in [-0.05, 0) is 12.1 Å². The van der Waals surface area contributed by atoms with Crippen molar-refractivity contribution < 1.29 is 27.9 Å². The number of pyridine rings is 1. The minimum Gasteiger partial charge on any atom is -0.478 e. The second kappa shape index (κ2) is 5.48. The molecule has 5 nitrogen and oxygen atoms in total. The minimum absolute atomic E-state index is 0.0953. The fourth-order valence-electron chi connectivity index (χ4n) is 1.09. The van der Waals surface area contributed by atoms with Crippen LogP contribution >= 0.6 is 0 Å². The lowest BCUT2D eigenvalue weighted by molar-refractivity contribution is -0.142. The fourth-order valence-corrected chi connectivity index (χ4v) is 1.09. The molecule has 1 heterocycles. The van der Waals surface area contributed by atoms with Crippen LogP contribution in [0, 0.1) is 0 Å². The fraction of sp³-hybridized carbons (Fsp3) is 0.300. The summed E-state index contributed by atoms with van der Waals surface area (Å²) < 4.78 is 35.6. The van der Waals surface area contributed by atoms with Gasteiger partial charge in [0, 0.05) is 12.6 Å². The van der Waals surface area contributed by atoms with Crippen LogP contribution in [-0.4, -0.2) is 28.1 Å². The van der Waals surface area contributed by atoms with Gasteiger partial charge in [-0.15, -0.1) is 0 Å². The maximum atomic E-state index is 11.9. The van der Waals surface area contributed by atoms with Gasteiger partial charge in [-0.3, -0.25) is 4.79 Å². The molecule has 0 fully saturated rings. The summed E-state index contributed by atoms with van der Waals surface area (Å²) in [5.41, 5.74) is -0.115. The Bertz CT molecular complexity index is 460. The molecule has 0 saturated heterocycles. The average Bonchev–Trinajstić information content (AvgIpc) is 2.26. The van der Waals surface area contributed by atoms with E-state index in [0.717, 1.165) is 12.3 Å². The Morgan fingerprint density at radius 2 is 2.06 bits per heavy atom. The van der Waals surface area contributed by atoms with Gasteiger partial charge >= 0.3 is 12.1 Å². The second-order valence-electron chi connectivity index (χ2n) is 3.40. The molecule has 0 unspecified atom stereocenters. The predicted molar refractivity (Wildman–Crippen MR) is 55.1 cm³/mol. The summed E-state index contributed by atoms with van der Waals surface area (Å²) in [7, 11) is 0. The van der Waals surface area contributed by atoms with Gasteiger partial charge in [0.2, 0.25) is 5.91 Å². The lowest BCUT2D eigenvalue weighted by Crippen LogP contribution is -2.17. The Labute approximate surface area is 99.6 Å². The van der Waals surface area contributed by atoms with Crippen molar-refractivity contribution in [1.29, 1.82) is 0 Å². The molecule has 0 bridgehead atoms. The molecule has 98 valence electrons. The highest BCUT2D eigenvalue weighted by Crippen LogP contribution is 2.21. The number of aromatic carboxylic acids is 1. The quantitative estimate of drug-likeness (QED) is 0.870. The van der Waals surface area contributed by atoms with Crippen molar-refractivity contribution in [3.63, 3.8) is 0 Å². The molecule has 0 atom stereocenters. The molecule has 0 aliphatic carbocycles. The van der Waals surface area contributed by atoms with E-state index in [9.17, 15) is 22.8 Å². The van der Waals surface area contributed by atoms with Gasteiger partial charge in [0.05, 0.1) is 12.0 Å². The van der Waals surface area contributed by atoms with Crippen LogP contribution in [-0.2, 0) is 4.79 Å². The van der Waals surface area contributed by atoms with Crippen molar-refractivity contribution in [3.8, 4) is 0 Å². The number of carboxylic acid groups (broad SMARTS) is 1. The molecule has 18 heavy (non-hydrogen) atoms. The van der Waals surface area contributed by atoms with Gasteiger partial charge in [-0.25, -0.2) is 9.78 Å². The maximum Gasteiger partial charge on any atom is 0.389 e. The van der Waals surface area contributed by atoms with Crippen LogP contribution in [0.1, 0.15) is 23.2 Å². The number of nitrogens with zero attached hydrogens (tertiary/aromatic N) is 1. The molecule has 0 spiro atoms. The largest absolute Gasteiger partial charge is 0.478 e. The average molecular weight is 262 g/mol. The van der Waals surface area contributed by atoms with E-state index in [1.165, 1.54) is 6.07 Å². The summed E-state index contributed by atoms with van der Waals surface area (Å²) in [6.07, 6.45) is -5.24. The smallest absolute Gasteiger partial charge is 0.389 e. The first kappa shape index (κ1) is 13.9. The SMILES string of the molecule is O=C(CCC(F)(F)F)Nc1cc(C(=O)O)ccn1. The number of halogens is 3. The molecule has 0 radical (unpaired) electrons.